The van der Waals surface area contributed by atoms with Crippen LogP contribution in [0.1, 0.15) is 156 Å². The predicted octanol–water partition coefficient (Wildman–Crippen LogP) is 10.8. The van der Waals surface area contributed by atoms with Gasteiger partial charge in [0.1, 0.15) is 0 Å². The van der Waals surface area contributed by atoms with Crippen LogP contribution in [0.25, 0.3) is 0 Å². The average Bonchev–Trinajstić information content (AvgIpc) is 3.85. The van der Waals surface area contributed by atoms with Crippen LogP contribution in [-0.2, 0) is 0 Å². The second-order valence-electron chi connectivity index (χ2n) is 16.1. The van der Waals surface area contributed by atoms with E-state index in [2.05, 4.69) is 34.8 Å². The fraction of sp³-hybridized carbons (Fsp3) is 1.00. The van der Waals surface area contributed by atoms with E-state index in [1.807, 2.05) is 0 Å². The Bertz CT molecular complexity index is 902. The van der Waals surface area contributed by atoms with Crippen LogP contribution in [0.4, 0.5) is 0 Å². The van der Waals surface area contributed by atoms with Crippen LogP contribution < -0.4 is 0 Å². The fourth-order valence-electron chi connectivity index (χ4n) is 11.0. The molecule has 0 bridgehead atoms. The van der Waals surface area contributed by atoms with E-state index in [0.717, 1.165) is 29.4 Å². The molecule has 248 valence electrons. The molecular formula is C36H69N5P2. The van der Waals surface area contributed by atoms with Crippen LogP contribution >= 0.6 is 14.6 Å². The number of piperidine rings is 3. The molecule has 0 amide bonds. The van der Waals surface area contributed by atoms with E-state index in [-0.39, 0.29) is 5.54 Å². The summed E-state index contributed by atoms with van der Waals surface area (Å²) in [4.78, 5) is 0. The van der Waals surface area contributed by atoms with Gasteiger partial charge in [0.2, 0.25) is 0 Å². The van der Waals surface area contributed by atoms with Crippen LogP contribution in [-0.4, -0.2) is 82.3 Å². The van der Waals surface area contributed by atoms with Crippen molar-refractivity contribution in [1.29, 1.82) is 0 Å². The summed E-state index contributed by atoms with van der Waals surface area (Å²) >= 11 is 0. The maximum atomic E-state index is 6.39. The Morgan fingerprint density at radius 3 is 1.33 bits per heavy atom. The maximum absolute atomic E-state index is 6.39. The summed E-state index contributed by atoms with van der Waals surface area (Å²) in [6.07, 6.45) is 30.4. The summed E-state index contributed by atoms with van der Waals surface area (Å²) in [5.74, 6) is 0.832. The summed E-state index contributed by atoms with van der Waals surface area (Å²) in [6.45, 7) is 16.1. The minimum atomic E-state index is -1.77. The molecule has 0 aromatic carbocycles. The molecule has 6 fully saturated rings. The lowest BCUT2D eigenvalue weighted by molar-refractivity contribution is 0.204. The first-order valence-electron chi connectivity index (χ1n) is 19.4. The second kappa shape index (κ2) is 15.0. The summed E-state index contributed by atoms with van der Waals surface area (Å²) in [5.41, 5.74) is 3.09. The van der Waals surface area contributed by atoms with Crippen molar-refractivity contribution in [2.45, 2.75) is 178 Å². The normalized spacial score (nSPS) is 27.8. The third-order valence-electron chi connectivity index (χ3n) is 12.7. The lowest BCUT2D eigenvalue weighted by atomic mass is 9.86. The topological polar surface area (TPSA) is 34.4 Å². The van der Waals surface area contributed by atoms with Gasteiger partial charge in [-0.05, 0) is 134 Å². The fourth-order valence-corrected chi connectivity index (χ4v) is 22.3. The molecular weight excluding hydrogens is 564 g/mol. The molecule has 3 heterocycles. The number of nitrogens with zero attached hydrogens (tertiary/aromatic N) is 5. The van der Waals surface area contributed by atoms with E-state index in [1.54, 1.807) is 0 Å². The number of hydrogen-bond donors (Lipinski definition) is 0. The average molecular weight is 634 g/mol. The van der Waals surface area contributed by atoms with Gasteiger partial charge < -0.3 is 0 Å². The van der Waals surface area contributed by atoms with E-state index in [0.29, 0.717) is 0 Å². The first kappa shape index (κ1) is 33.2. The van der Waals surface area contributed by atoms with Gasteiger partial charge in [-0.15, -0.1) is 0 Å². The molecule has 3 aliphatic heterocycles. The van der Waals surface area contributed by atoms with E-state index in [4.69, 9.17) is 9.49 Å². The SMILES string of the molecule is CCN=P(N1CCCCC1)(N1CCCCC1)N1CCC(CC(C)(C)N=P(C2CCCC2)(C2CCCC2)C2CCCC2)CC1. The summed E-state index contributed by atoms with van der Waals surface area (Å²) in [7, 11) is -3.09. The maximum Gasteiger partial charge on any atom is 0.167 e. The van der Waals surface area contributed by atoms with Gasteiger partial charge in [-0.3, -0.25) is 9.49 Å². The van der Waals surface area contributed by atoms with Gasteiger partial charge >= 0.3 is 0 Å². The van der Waals surface area contributed by atoms with E-state index in [1.165, 1.54) is 174 Å². The molecule has 0 aromatic rings. The van der Waals surface area contributed by atoms with Crippen molar-refractivity contribution in [2.24, 2.45) is 15.4 Å². The Morgan fingerprint density at radius 2 is 0.930 bits per heavy atom. The summed E-state index contributed by atoms with van der Waals surface area (Å²) in [5, 5.41) is 0. The molecule has 0 spiro atoms. The predicted molar refractivity (Wildman–Crippen MR) is 190 cm³/mol. The molecule has 3 saturated carbocycles. The van der Waals surface area contributed by atoms with Crippen molar-refractivity contribution in [3.63, 3.8) is 0 Å². The Kier molecular flexibility index (Phi) is 11.6. The lowest BCUT2D eigenvalue weighted by Gasteiger charge is -2.53. The summed E-state index contributed by atoms with van der Waals surface area (Å²) < 4.78 is 20.9. The minimum absolute atomic E-state index is 0.147. The smallest absolute Gasteiger partial charge is 0.167 e. The molecule has 5 nitrogen and oxygen atoms in total. The van der Waals surface area contributed by atoms with Crippen molar-refractivity contribution in [1.82, 2.24) is 14.0 Å². The highest BCUT2D eigenvalue weighted by molar-refractivity contribution is 7.68. The first-order chi connectivity index (χ1) is 21.0. The van der Waals surface area contributed by atoms with E-state index >= 15 is 0 Å². The molecule has 7 heteroatoms. The highest BCUT2D eigenvalue weighted by Gasteiger charge is 2.48. The zero-order chi connectivity index (χ0) is 29.8. The van der Waals surface area contributed by atoms with Gasteiger partial charge in [0.05, 0.1) is 5.54 Å². The number of rotatable bonds is 10. The van der Waals surface area contributed by atoms with Crippen molar-refractivity contribution in [2.75, 3.05) is 45.8 Å². The van der Waals surface area contributed by atoms with Crippen LogP contribution in [0, 0.1) is 5.92 Å². The van der Waals surface area contributed by atoms with Crippen molar-refractivity contribution in [3.8, 4) is 0 Å². The van der Waals surface area contributed by atoms with Gasteiger partial charge in [0.15, 0.2) is 7.51 Å². The van der Waals surface area contributed by atoms with E-state index < -0.39 is 14.6 Å². The van der Waals surface area contributed by atoms with Gasteiger partial charge in [-0.25, -0.2) is 14.0 Å². The van der Waals surface area contributed by atoms with Crippen LogP contribution in [0.3, 0.4) is 0 Å². The van der Waals surface area contributed by atoms with Crippen molar-refractivity contribution < 1.29 is 0 Å². The Labute approximate surface area is 267 Å². The molecule has 0 atom stereocenters. The molecule has 6 rings (SSSR count). The van der Waals surface area contributed by atoms with Gasteiger partial charge in [0.25, 0.3) is 0 Å². The molecule has 0 aromatic heterocycles. The first-order valence-corrected chi connectivity index (χ1v) is 23.0. The Hall–Kier alpha value is 0.340. The third-order valence-corrected chi connectivity index (χ3v) is 22.8. The zero-order valence-electron chi connectivity index (χ0n) is 28.7. The molecule has 6 aliphatic rings. The molecule has 0 N–H and O–H groups in total. The largest absolute Gasteiger partial charge is 0.296 e. The van der Waals surface area contributed by atoms with E-state index in [9.17, 15) is 0 Å². The van der Waals surface area contributed by atoms with Crippen LogP contribution in [0.2, 0.25) is 0 Å². The van der Waals surface area contributed by atoms with Crippen LogP contribution in [0.5, 0.6) is 0 Å². The molecule has 43 heavy (non-hydrogen) atoms. The highest BCUT2D eigenvalue weighted by Crippen LogP contribution is 2.73. The lowest BCUT2D eigenvalue weighted by Crippen LogP contribution is -2.47. The van der Waals surface area contributed by atoms with Gasteiger partial charge in [0, 0.05) is 45.8 Å². The Balaban J connectivity index is 1.22. The molecule has 3 saturated heterocycles. The minimum Gasteiger partial charge on any atom is -0.296 e. The van der Waals surface area contributed by atoms with Crippen molar-refractivity contribution >= 4 is 14.6 Å². The van der Waals surface area contributed by atoms with Crippen LogP contribution in [0.15, 0.2) is 9.49 Å². The standard InChI is InChI=1S/C36H69N5P2/c1-4-37-43(39-25-13-5-14-26-39,40-27-15-6-16-28-40)41-29-23-32(24-30-41)31-36(2,3)38-42(33-17-7-8-18-33,34-19-9-10-20-34)35-21-11-12-22-35/h32-35H,4-31H2,1-3H3. The van der Waals surface area contributed by atoms with Crippen molar-refractivity contribution in [3.05, 3.63) is 0 Å². The second-order valence-corrected chi connectivity index (χ2v) is 23.2. The molecule has 3 aliphatic carbocycles. The number of hydrogen-bond acceptors (Lipinski definition) is 2. The summed E-state index contributed by atoms with van der Waals surface area (Å²) in [6, 6.07) is 0. The quantitative estimate of drug-likeness (QED) is 0.225. The highest BCUT2D eigenvalue weighted by atomic mass is 31.2. The van der Waals surface area contributed by atoms with Gasteiger partial charge in [-0.2, -0.15) is 0 Å². The molecule has 0 unspecified atom stereocenters. The Morgan fingerprint density at radius 1 is 0.535 bits per heavy atom. The molecule has 0 radical (unpaired) electrons. The third kappa shape index (κ3) is 7.12. The zero-order valence-corrected chi connectivity index (χ0v) is 30.5. The van der Waals surface area contributed by atoms with Gasteiger partial charge in [-0.1, -0.05) is 51.4 Å². The monoisotopic (exact) mass is 634 g/mol.